The van der Waals surface area contributed by atoms with Crippen LogP contribution in [0.2, 0.25) is 0 Å². The Hall–Kier alpha value is -1.02. The molecule has 1 aromatic rings. The van der Waals surface area contributed by atoms with E-state index in [1.54, 1.807) is 0 Å². The van der Waals surface area contributed by atoms with Gasteiger partial charge in [0.2, 0.25) is 0 Å². The van der Waals surface area contributed by atoms with Crippen molar-refractivity contribution >= 4 is 0 Å². The van der Waals surface area contributed by atoms with E-state index in [0.29, 0.717) is 12.1 Å². The molecule has 1 fully saturated rings. The Labute approximate surface area is 104 Å². The summed E-state index contributed by atoms with van der Waals surface area (Å²) in [4.78, 5) is 0. The van der Waals surface area contributed by atoms with Gasteiger partial charge in [-0.05, 0) is 43.0 Å². The summed E-state index contributed by atoms with van der Waals surface area (Å²) in [7, 11) is 2.02. The molecule has 0 radical (unpaired) electrons. The third-order valence-electron chi connectivity index (χ3n) is 3.20. The molecule has 0 amide bonds. The first kappa shape index (κ1) is 12.4. The Bertz CT molecular complexity index is 360. The predicted octanol–water partition coefficient (Wildman–Crippen LogP) is 3.53. The van der Waals surface area contributed by atoms with Crippen LogP contribution in [-0.4, -0.2) is 13.2 Å². The molecule has 1 N–H and O–H groups in total. The van der Waals surface area contributed by atoms with Crippen molar-refractivity contribution < 1.29 is 4.74 Å². The Morgan fingerprint density at radius 3 is 2.18 bits per heavy atom. The Balaban J connectivity index is 2.09. The van der Waals surface area contributed by atoms with E-state index < -0.39 is 0 Å². The Morgan fingerprint density at radius 1 is 1.18 bits per heavy atom. The van der Waals surface area contributed by atoms with Crippen molar-refractivity contribution in [2.24, 2.45) is 5.41 Å². The third kappa shape index (κ3) is 3.22. The first-order valence-electron chi connectivity index (χ1n) is 6.44. The van der Waals surface area contributed by atoms with E-state index in [1.807, 2.05) is 7.05 Å². The molecule has 1 unspecified atom stereocenters. The monoisotopic (exact) mass is 233 g/mol. The summed E-state index contributed by atoms with van der Waals surface area (Å²) in [5.41, 5.74) is 1.54. The fourth-order valence-corrected chi connectivity index (χ4v) is 2.22. The molecule has 1 atom stereocenters. The molecule has 17 heavy (non-hydrogen) atoms. The van der Waals surface area contributed by atoms with Gasteiger partial charge in [-0.25, -0.2) is 0 Å². The third-order valence-corrected chi connectivity index (χ3v) is 3.20. The smallest absolute Gasteiger partial charge is 0.119 e. The number of ether oxygens (including phenoxy) is 1. The molecule has 2 heteroatoms. The molecular formula is C15H23NO. The molecule has 0 aromatic heterocycles. The second-order valence-corrected chi connectivity index (χ2v) is 5.97. The number of rotatable bonds is 4. The molecule has 1 aliphatic rings. The Kier molecular flexibility index (Phi) is 3.43. The predicted molar refractivity (Wildman–Crippen MR) is 71.3 cm³/mol. The van der Waals surface area contributed by atoms with Gasteiger partial charge in [0.1, 0.15) is 5.75 Å². The van der Waals surface area contributed by atoms with Crippen LogP contribution in [0.3, 0.4) is 0 Å². The summed E-state index contributed by atoms with van der Waals surface area (Å²) >= 11 is 0. The summed E-state index contributed by atoms with van der Waals surface area (Å²) in [5.74, 6) is 1.00. The van der Waals surface area contributed by atoms with Crippen LogP contribution in [0.1, 0.15) is 45.2 Å². The largest absolute Gasteiger partial charge is 0.490 e. The van der Waals surface area contributed by atoms with E-state index >= 15 is 0 Å². The van der Waals surface area contributed by atoms with Crippen LogP contribution in [0.4, 0.5) is 0 Å². The molecule has 1 aromatic carbocycles. The van der Waals surface area contributed by atoms with E-state index in [9.17, 15) is 0 Å². The first-order valence-corrected chi connectivity index (χ1v) is 6.44. The minimum Gasteiger partial charge on any atom is -0.490 e. The molecule has 1 saturated carbocycles. The fraction of sp³-hybridized carbons (Fsp3) is 0.600. The van der Waals surface area contributed by atoms with Crippen molar-refractivity contribution in [2.45, 2.75) is 45.8 Å². The zero-order valence-electron chi connectivity index (χ0n) is 11.3. The van der Waals surface area contributed by atoms with Crippen LogP contribution in [0.5, 0.6) is 5.75 Å². The van der Waals surface area contributed by atoms with Gasteiger partial charge in [-0.15, -0.1) is 0 Å². The highest BCUT2D eigenvalue weighted by Gasteiger charge is 2.25. The van der Waals surface area contributed by atoms with Crippen LogP contribution in [0, 0.1) is 5.41 Å². The van der Waals surface area contributed by atoms with Crippen molar-refractivity contribution in [3.05, 3.63) is 29.8 Å². The van der Waals surface area contributed by atoms with Gasteiger partial charge < -0.3 is 10.1 Å². The van der Waals surface area contributed by atoms with Crippen LogP contribution in [0.15, 0.2) is 24.3 Å². The standard InChI is InChI=1S/C15H23NO/c1-15(2,3)14(16-4)11-5-7-12(8-6-11)17-13-9-10-13/h5-8,13-14,16H,9-10H2,1-4H3. The van der Waals surface area contributed by atoms with Gasteiger partial charge in [0.05, 0.1) is 6.10 Å². The summed E-state index contributed by atoms with van der Waals surface area (Å²) in [6.07, 6.45) is 2.90. The van der Waals surface area contributed by atoms with E-state index in [-0.39, 0.29) is 5.41 Å². The number of hydrogen-bond donors (Lipinski definition) is 1. The molecule has 0 aliphatic heterocycles. The minimum atomic E-state index is 0.216. The average molecular weight is 233 g/mol. The number of nitrogens with one attached hydrogen (secondary N) is 1. The van der Waals surface area contributed by atoms with Gasteiger partial charge in [-0.1, -0.05) is 32.9 Å². The number of benzene rings is 1. The molecule has 0 heterocycles. The summed E-state index contributed by atoms with van der Waals surface area (Å²) in [5, 5.41) is 3.39. The van der Waals surface area contributed by atoms with Crippen LogP contribution in [0.25, 0.3) is 0 Å². The van der Waals surface area contributed by atoms with Gasteiger partial charge in [-0.3, -0.25) is 0 Å². The topological polar surface area (TPSA) is 21.3 Å². The lowest BCUT2D eigenvalue weighted by molar-refractivity contribution is 0.285. The highest BCUT2D eigenvalue weighted by molar-refractivity contribution is 5.30. The molecule has 0 saturated heterocycles. The second-order valence-electron chi connectivity index (χ2n) is 5.97. The Morgan fingerprint density at radius 2 is 1.76 bits per heavy atom. The second kappa shape index (κ2) is 4.69. The van der Waals surface area contributed by atoms with E-state index in [2.05, 4.69) is 50.4 Å². The average Bonchev–Trinajstić information content (AvgIpc) is 3.03. The normalized spacial score (nSPS) is 17.9. The van der Waals surface area contributed by atoms with Gasteiger partial charge in [0.15, 0.2) is 0 Å². The lowest BCUT2D eigenvalue weighted by Crippen LogP contribution is -2.29. The molecule has 0 spiro atoms. The lowest BCUT2D eigenvalue weighted by Gasteiger charge is -2.30. The highest BCUT2D eigenvalue weighted by Crippen LogP contribution is 2.34. The zero-order chi connectivity index (χ0) is 12.5. The van der Waals surface area contributed by atoms with Gasteiger partial charge in [0, 0.05) is 6.04 Å². The van der Waals surface area contributed by atoms with Gasteiger partial charge >= 0.3 is 0 Å². The highest BCUT2D eigenvalue weighted by atomic mass is 16.5. The van der Waals surface area contributed by atoms with E-state index in [0.717, 1.165) is 5.75 Å². The van der Waals surface area contributed by atoms with Crippen molar-refractivity contribution in [2.75, 3.05) is 7.05 Å². The molecule has 2 nitrogen and oxygen atoms in total. The van der Waals surface area contributed by atoms with Crippen molar-refractivity contribution in [1.29, 1.82) is 0 Å². The lowest BCUT2D eigenvalue weighted by atomic mass is 9.82. The SMILES string of the molecule is CNC(c1ccc(OC2CC2)cc1)C(C)(C)C. The molecule has 1 aliphatic carbocycles. The van der Waals surface area contributed by atoms with Gasteiger partial charge in [-0.2, -0.15) is 0 Å². The molecule has 0 bridgehead atoms. The maximum atomic E-state index is 5.76. The number of hydrogen-bond acceptors (Lipinski definition) is 2. The molecule has 94 valence electrons. The molecular weight excluding hydrogens is 210 g/mol. The summed E-state index contributed by atoms with van der Waals surface area (Å²) in [6, 6.07) is 8.89. The van der Waals surface area contributed by atoms with Crippen LogP contribution in [-0.2, 0) is 0 Å². The van der Waals surface area contributed by atoms with Crippen molar-refractivity contribution in [3.8, 4) is 5.75 Å². The van der Waals surface area contributed by atoms with Crippen molar-refractivity contribution in [3.63, 3.8) is 0 Å². The summed E-state index contributed by atoms with van der Waals surface area (Å²) in [6.45, 7) is 6.76. The maximum absolute atomic E-state index is 5.76. The van der Waals surface area contributed by atoms with E-state index in [4.69, 9.17) is 4.74 Å². The van der Waals surface area contributed by atoms with Crippen LogP contribution >= 0.6 is 0 Å². The van der Waals surface area contributed by atoms with E-state index in [1.165, 1.54) is 18.4 Å². The van der Waals surface area contributed by atoms with Crippen LogP contribution < -0.4 is 10.1 Å². The summed E-state index contributed by atoms with van der Waals surface area (Å²) < 4.78 is 5.76. The van der Waals surface area contributed by atoms with Crippen molar-refractivity contribution in [1.82, 2.24) is 5.32 Å². The first-order chi connectivity index (χ1) is 8.00. The minimum absolute atomic E-state index is 0.216. The quantitative estimate of drug-likeness (QED) is 0.859. The zero-order valence-corrected chi connectivity index (χ0v) is 11.3. The molecule has 2 rings (SSSR count). The van der Waals surface area contributed by atoms with Gasteiger partial charge in [0.25, 0.3) is 0 Å². The fourth-order valence-electron chi connectivity index (χ4n) is 2.22. The maximum Gasteiger partial charge on any atom is 0.119 e.